The third kappa shape index (κ3) is 5.53. The SMILES string of the molecule is [2H]c1c([2H])c([2H])c(-c2c3ccccc3c(-c3ccc4[se]c5cccc(-c6c7ccccc7c(-c7ccc(-n8c9ccccc9c9ccccc98)cc7)c7ccccc67)c5c4c3)c3ccccc23)c([2H])c1[2H]. The van der Waals surface area contributed by atoms with Gasteiger partial charge in [-0.1, -0.05) is 36.4 Å². The molecule has 2 heteroatoms. The van der Waals surface area contributed by atoms with E-state index >= 15 is 0 Å². The summed E-state index contributed by atoms with van der Waals surface area (Å²) in [4.78, 5) is 0. The van der Waals surface area contributed by atoms with Crippen molar-refractivity contribution in [3.05, 3.63) is 236 Å². The van der Waals surface area contributed by atoms with E-state index in [2.05, 4.69) is 174 Å². The quantitative estimate of drug-likeness (QED) is 0.120. The van der Waals surface area contributed by atoms with Crippen LogP contribution in [-0.2, 0) is 0 Å². The molecule has 0 aliphatic carbocycles. The van der Waals surface area contributed by atoms with Gasteiger partial charge >= 0.3 is 325 Å². The summed E-state index contributed by atoms with van der Waals surface area (Å²) in [6.45, 7) is 0. The Morgan fingerprint density at radius 2 is 0.758 bits per heavy atom. The van der Waals surface area contributed by atoms with Gasteiger partial charge in [-0.05, 0) is 12.1 Å². The Balaban J connectivity index is 0.981. The summed E-state index contributed by atoms with van der Waals surface area (Å²) in [5.41, 5.74) is 11.3. The molecule has 14 aromatic rings. The topological polar surface area (TPSA) is 4.93 Å². The van der Waals surface area contributed by atoms with Gasteiger partial charge in [0.1, 0.15) is 0 Å². The van der Waals surface area contributed by atoms with Crippen LogP contribution in [0.3, 0.4) is 0 Å². The number of hydrogen-bond acceptors (Lipinski definition) is 0. The normalized spacial score (nSPS) is 13.0. The van der Waals surface area contributed by atoms with E-state index in [1.807, 2.05) is 36.4 Å². The number of benzene rings is 12. The maximum atomic E-state index is 9.05. The first-order valence-electron chi connectivity index (χ1n) is 24.8. The number of hydrogen-bond donors (Lipinski definition) is 0. The molecule has 0 fully saturated rings. The van der Waals surface area contributed by atoms with Gasteiger partial charge in [0.2, 0.25) is 0 Å². The number of nitrogens with zero attached hydrogens (tertiary/aromatic N) is 1. The first-order chi connectivity index (χ1) is 34.9. The molecule has 0 aliphatic rings. The fourth-order valence-electron chi connectivity index (χ4n) is 11.0. The molecule has 0 spiro atoms. The summed E-state index contributed by atoms with van der Waals surface area (Å²) in [7, 11) is 0. The van der Waals surface area contributed by atoms with Gasteiger partial charge in [0.05, 0.1) is 12.4 Å². The average molecular weight is 906 g/mol. The third-order valence-electron chi connectivity index (χ3n) is 13.7. The Bertz CT molecular complexity index is 4390. The first kappa shape index (κ1) is 32.6. The second-order valence-corrected chi connectivity index (χ2v) is 19.4. The number of aromatic nitrogens is 1. The number of para-hydroxylation sites is 2. The Morgan fingerprint density at radius 3 is 1.29 bits per heavy atom. The van der Waals surface area contributed by atoms with Crippen LogP contribution in [0, 0.1) is 0 Å². The molecule has 2 aromatic heterocycles. The zero-order valence-corrected chi connectivity index (χ0v) is 37.2. The molecule has 0 unspecified atom stereocenters. The minimum absolute atomic E-state index is 0.0812. The molecule has 0 radical (unpaired) electrons. The molecule has 0 N–H and O–H groups in total. The van der Waals surface area contributed by atoms with Crippen molar-refractivity contribution in [1.29, 1.82) is 0 Å². The number of rotatable bonds is 5. The van der Waals surface area contributed by atoms with Crippen LogP contribution >= 0.6 is 0 Å². The molecule has 0 amide bonds. The molecule has 0 aliphatic heterocycles. The summed E-state index contributed by atoms with van der Waals surface area (Å²) in [5.74, 6) is 0. The van der Waals surface area contributed by atoms with Crippen LogP contribution < -0.4 is 0 Å². The summed E-state index contributed by atoms with van der Waals surface area (Å²) in [5, 5.41) is 13.4. The van der Waals surface area contributed by atoms with E-state index in [9.17, 15) is 0 Å². The van der Waals surface area contributed by atoms with Crippen molar-refractivity contribution in [2.75, 3.05) is 0 Å². The molecule has 14 rings (SSSR count). The van der Waals surface area contributed by atoms with E-state index in [1.165, 1.54) is 84.9 Å². The van der Waals surface area contributed by atoms with Gasteiger partial charge in [-0.3, -0.25) is 0 Å². The van der Waals surface area contributed by atoms with Crippen molar-refractivity contribution in [1.82, 2.24) is 4.57 Å². The molecule has 0 saturated carbocycles. The molecule has 2 heterocycles. The van der Waals surface area contributed by atoms with E-state index in [1.54, 1.807) is 0 Å². The Kier molecular flexibility index (Phi) is 7.30. The molecule has 66 heavy (non-hydrogen) atoms. The Morgan fingerprint density at radius 1 is 0.318 bits per heavy atom. The van der Waals surface area contributed by atoms with Crippen LogP contribution in [0.2, 0.25) is 0 Å². The van der Waals surface area contributed by atoms with Crippen LogP contribution in [-0.4, -0.2) is 19.1 Å². The van der Waals surface area contributed by atoms with Gasteiger partial charge < -0.3 is 0 Å². The molecular formula is C64H39NSe. The zero-order valence-electron chi connectivity index (χ0n) is 40.5. The van der Waals surface area contributed by atoms with Crippen molar-refractivity contribution in [3.8, 4) is 50.2 Å². The first-order valence-corrected chi connectivity index (χ1v) is 24.1. The van der Waals surface area contributed by atoms with E-state index in [0.717, 1.165) is 38.4 Å². The van der Waals surface area contributed by atoms with Gasteiger partial charge in [-0.2, -0.15) is 0 Å². The van der Waals surface area contributed by atoms with Gasteiger partial charge in [-0.25, -0.2) is 0 Å². The van der Waals surface area contributed by atoms with E-state index in [0.29, 0.717) is 5.56 Å². The van der Waals surface area contributed by atoms with Gasteiger partial charge in [0.15, 0.2) is 0 Å². The van der Waals surface area contributed by atoms with Gasteiger partial charge in [0, 0.05) is 10.8 Å². The van der Waals surface area contributed by atoms with Crippen LogP contribution in [0.5, 0.6) is 0 Å². The summed E-state index contributed by atoms with van der Waals surface area (Å²) >= 11 is 0.0812. The van der Waals surface area contributed by atoms with Gasteiger partial charge in [-0.15, -0.1) is 0 Å². The summed E-state index contributed by atoms with van der Waals surface area (Å²) in [6, 6.07) is 72.7. The minimum atomic E-state index is -0.396. The standard InChI is InChI=1S/C64H39NSe/c1-2-17-40(18-3-1)60-46-21-4-6-23-48(46)62(49-24-7-5-22-47(49)60)42-35-38-58-55(39-42)64-54(29-16-32-59(64)66-58)63-52-27-10-8-25-50(52)61(51-26-9-11-28-53(51)63)41-33-36-43(37-34-41)65-56-30-14-12-19-44(56)45-20-13-15-31-57(45)65/h1-39H/i1D,2D,3D,17D,18D. The van der Waals surface area contributed by atoms with Crippen molar-refractivity contribution < 1.29 is 6.85 Å². The fraction of sp³-hybridized carbons (Fsp3) is 0. The predicted octanol–water partition coefficient (Wildman–Crippen LogP) is 17.4. The molecule has 1 nitrogen and oxygen atoms in total. The maximum absolute atomic E-state index is 9.05. The molecular weight excluding hydrogens is 862 g/mol. The van der Waals surface area contributed by atoms with Crippen molar-refractivity contribution in [2.24, 2.45) is 0 Å². The van der Waals surface area contributed by atoms with Crippen LogP contribution in [0.4, 0.5) is 0 Å². The van der Waals surface area contributed by atoms with E-state index in [4.69, 9.17) is 6.85 Å². The van der Waals surface area contributed by atoms with Crippen LogP contribution in [0.25, 0.3) is 134 Å². The fourth-order valence-corrected chi connectivity index (χ4v) is 13.3. The van der Waals surface area contributed by atoms with E-state index in [-0.39, 0.29) is 44.2 Å². The molecule has 306 valence electrons. The monoisotopic (exact) mass is 906 g/mol. The number of fused-ring (bicyclic) bond motifs is 10. The van der Waals surface area contributed by atoms with Gasteiger partial charge in [0.25, 0.3) is 0 Å². The van der Waals surface area contributed by atoms with Crippen LogP contribution in [0.1, 0.15) is 6.85 Å². The van der Waals surface area contributed by atoms with Crippen molar-refractivity contribution >= 4 is 98.7 Å². The molecule has 0 saturated heterocycles. The Labute approximate surface area is 394 Å². The second-order valence-electron chi connectivity index (χ2n) is 17.1. The third-order valence-corrected chi connectivity index (χ3v) is 16.0. The van der Waals surface area contributed by atoms with E-state index < -0.39 is 6.04 Å². The zero-order chi connectivity index (χ0) is 47.6. The van der Waals surface area contributed by atoms with Crippen molar-refractivity contribution in [2.45, 2.75) is 0 Å². The van der Waals surface area contributed by atoms with Crippen molar-refractivity contribution in [3.63, 3.8) is 0 Å². The second kappa shape index (κ2) is 14.8. The molecule has 0 bridgehead atoms. The predicted molar refractivity (Wildman–Crippen MR) is 285 cm³/mol. The Hall–Kier alpha value is -8.00. The van der Waals surface area contributed by atoms with Crippen LogP contribution in [0.15, 0.2) is 236 Å². The molecule has 0 atom stereocenters. The average Bonchev–Trinajstić information content (AvgIpc) is 3.97. The summed E-state index contributed by atoms with van der Waals surface area (Å²) in [6.07, 6.45) is 0. The summed E-state index contributed by atoms with van der Waals surface area (Å²) < 4.78 is 48.7. The molecule has 12 aromatic carbocycles.